The van der Waals surface area contributed by atoms with Crippen LogP contribution in [0.25, 0.3) is 0 Å². The van der Waals surface area contributed by atoms with Crippen molar-refractivity contribution in [2.45, 2.75) is 50.2 Å². The van der Waals surface area contributed by atoms with Gasteiger partial charge in [0.05, 0.1) is 16.6 Å². The number of thioether (sulfide) groups is 2. The van der Waals surface area contributed by atoms with Crippen LogP contribution in [-0.2, 0) is 13.0 Å². The molecule has 3 rings (SSSR count). The highest BCUT2D eigenvalue weighted by molar-refractivity contribution is 8.06. The molecule has 3 nitrogen and oxygen atoms in total. The molecule has 0 saturated carbocycles. The minimum atomic E-state index is 0.464. The first-order valence-electron chi connectivity index (χ1n) is 7.50. The van der Waals surface area contributed by atoms with Crippen molar-refractivity contribution in [1.29, 1.82) is 0 Å². The molecule has 2 unspecified atom stereocenters. The Kier molecular flexibility index (Phi) is 4.58. The maximum Gasteiger partial charge on any atom is 0.142 e. The van der Waals surface area contributed by atoms with E-state index in [4.69, 9.17) is 9.97 Å². The Hall–Kier alpha value is -0.260. The van der Waals surface area contributed by atoms with Gasteiger partial charge in [0.2, 0.25) is 0 Å². The second-order valence-electron chi connectivity index (χ2n) is 5.84. The fraction of sp³-hybridized carbons (Fsp3) is 0.733. The van der Waals surface area contributed by atoms with Crippen molar-refractivity contribution in [2.75, 3.05) is 18.1 Å². The van der Waals surface area contributed by atoms with Gasteiger partial charge < -0.3 is 5.32 Å². The summed E-state index contributed by atoms with van der Waals surface area (Å²) in [6.45, 7) is 8.79. The third kappa shape index (κ3) is 2.85. The number of fused-ring (bicyclic) bond motifs is 1. The van der Waals surface area contributed by atoms with Crippen molar-refractivity contribution < 1.29 is 0 Å². The average molecular weight is 310 g/mol. The van der Waals surface area contributed by atoms with Crippen molar-refractivity contribution >= 4 is 23.5 Å². The number of hydrogen-bond acceptors (Lipinski definition) is 5. The second kappa shape index (κ2) is 6.24. The third-order valence-corrected chi connectivity index (χ3v) is 7.06. The lowest BCUT2D eigenvalue weighted by Gasteiger charge is -2.29. The molecule has 1 N–H and O–H groups in total. The van der Waals surface area contributed by atoms with Gasteiger partial charge in [-0.15, -0.1) is 11.8 Å². The monoisotopic (exact) mass is 309 g/mol. The van der Waals surface area contributed by atoms with Gasteiger partial charge in [0.15, 0.2) is 0 Å². The summed E-state index contributed by atoms with van der Waals surface area (Å²) in [7, 11) is 0. The van der Waals surface area contributed by atoms with E-state index in [2.05, 4.69) is 37.8 Å². The van der Waals surface area contributed by atoms with Crippen LogP contribution in [0, 0.1) is 0 Å². The zero-order chi connectivity index (χ0) is 14.1. The van der Waals surface area contributed by atoms with Gasteiger partial charge in [-0.05, 0) is 5.92 Å². The van der Waals surface area contributed by atoms with Gasteiger partial charge in [0, 0.05) is 41.8 Å². The van der Waals surface area contributed by atoms with Gasteiger partial charge in [-0.1, -0.05) is 20.8 Å². The average Bonchev–Trinajstić information content (AvgIpc) is 2.46. The van der Waals surface area contributed by atoms with E-state index in [1.807, 2.05) is 11.8 Å². The van der Waals surface area contributed by atoms with Crippen LogP contribution in [0.5, 0.6) is 0 Å². The van der Waals surface area contributed by atoms with Crippen molar-refractivity contribution in [3.8, 4) is 0 Å². The minimum absolute atomic E-state index is 0.464. The van der Waals surface area contributed by atoms with Gasteiger partial charge in [0.25, 0.3) is 0 Å². The maximum absolute atomic E-state index is 4.97. The number of nitrogens with one attached hydrogen (secondary N) is 1. The van der Waals surface area contributed by atoms with Crippen LogP contribution in [0.4, 0.5) is 0 Å². The number of nitrogens with zero attached hydrogens (tertiary/aromatic N) is 2. The predicted molar refractivity (Wildman–Crippen MR) is 88.7 cm³/mol. The van der Waals surface area contributed by atoms with Crippen molar-refractivity contribution in [1.82, 2.24) is 15.3 Å². The molecule has 1 aromatic heterocycles. The van der Waals surface area contributed by atoms with Crippen molar-refractivity contribution in [2.24, 2.45) is 0 Å². The largest absolute Gasteiger partial charge is 0.312 e. The summed E-state index contributed by atoms with van der Waals surface area (Å²) in [5.41, 5.74) is 3.91. The lowest BCUT2D eigenvalue weighted by Crippen LogP contribution is -2.29. The highest BCUT2D eigenvalue weighted by Gasteiger charge is 2.29. The number of hydrogen-bond donors (Lipinski definition) is 1. The van der Waals surface area contributed by atoms with Crippen LogP contribution in [0.1, 0.15) is 54.7 Å². The molecule has 2 aliphatic heterocycles. The lowest BCUT2D eigenvalue weighted by atomic mass is 9.98. The summed E-state index contributed by atoms with van der Waals surface area (Å²) < 4.78 is 0. The molecule has 0 amide bonds. The molecule has 1 aromatic rings. The molecule has 2 aliphatic rings. The normalized spacial score (nSPS) is 26.6. The Balaban J connectivity index is 2.01. The fourth-order valence-electron chi connectivity index (χ4n) is 2.91. The van der Waals surface area contributed by atoms with Crippen molar-refractivity contribution in [3.05, 3.63) is 22.8 Å². The molecule has 110 valence electrons. The minimum Gasteiger partial charge on any atom is -0.312 e. The van der Waals surface area contributed by atoms with Crippen LogP contribution < -0.4 is 5.32 Å². The summed E-state index contributed by atoms with van der Waals surface area (Å²) in [4.78, 5) is 9.92. The third-order valence-electron chi connectivity index (χ3n) is 3.97. The smallest absolute Gasteiger partial charge is 0.142 e. The van der Waals surface area contributed by atoms with Crippen LogP contribution in [0.15, 0.2) is 0 Å². The molecule has 0 aromatic carbocycles. The summed E-state index contributed by atoms with van der Waals surface area (Å²) in [5, 5.41) is 4.54. The Bertz CT molecular complexity index is 490. The van der Waals surface area contributed by atoms with E-state index in [9.17, 15) is 0 Å². The van der Waals surface area contributed by atoms with Crippen LogP contribution in [0.3, 0.4) is 0 Å². The molecule has 2 atom stereocenters. The Morgan fingerprint density at radius 3 is 2.75 bits per heavy atom. The molecule has 0 aliphatic carbocycles. The molecule has 1 fully saturated rings. The summed E-state index contributed by atoms with van der Waals surface area (Å²) >= 11 is 4.09. The molecule has 20 heavy (non-hydrogen) atoms. The van der Waals surface area contributed by atoms with Crippen LogP contribution in [0.2, 0.25) is 0 Å². The van der Waals surface area contributed by atoms with Gasteiger partial charge in [-0.25, -0.2) is 9.97 Å². The lowest BCUT2D eigenvalue weighted by molar-refractivity contribution is 0.598. The van der Waals surface area contributed by atoms with E-state index in [0.29, 0.717) is 16.4 Å². The molecule has 3 heterocycles. The quantitative estimate of drug-likeness (QED) is 0.908. The maximum atomic E-state index is 4.97. The van der Waals surface area contributed by atoms with E-state index in [0.717, 1.165) is 25.3 Å². The molecule has 0 spiro atoms. The van der Waals surface area contributed by atoms with Gasteiger partial charge in [0.1, 0.15) is 5.82 Å². The molecule has 1 saturated heterocycles. The van der Waals surface area contributed by atoms with Crippen LogP contribution >= 0.6 is 23.5 Å². The van der Waals surface area contributed by atoms with E-state index < -0.39 is 0 Å². The molecular formula is C15H23N3S2. The van der Waals surface area contributed by atoms with E-state index in [-0.39, 0.29) is 0 Å². The Morgan fingerprint density at radius 2 is 2.00 bits per heavy atom. The SMILES string of the molecule is CC(C)c1nc(C2SCCSC2C)nc2c1CNCC2. The first-order chi connectivity index (χ1) is 9.66. The van der Waals surface area contributed by atoms with Gasteiger partial charge in [-0.3, -0.25) is 0 Å². The van der Waals surface area contributed by atoms with E-state index in [1.165, 1.54) is 28.5 Å². The molecular weight excluding hydrogens is 286 g/mol. The Labute approximate surface area is 130 Å². The highest BCUT2D eigenvalue weighted by atomic mass is 32.2. The summed E-state index contributed by atoms with van der Waals surface area (Å²) in [6, 6.07) is 0. The zero-order valence-electron chi connectivity index (χ0n) is 12.5. The molecule has 0 radical (unpaired) electrons. The van der Waals surface area contributed by atoms with E-state index >= 15 is 0 Å². The first kappa shape index (κ1) is 14.7. The molecule has 0 bridgehead atoms. The Morgan fingerprint density at radius 1 is 1.20 bits per heavy atom. The fourth-order valence-corrected chi connectivity index (χ4v) is 5.60. The summed E-state index contributed by atoms with van der Waals surface area (Å²) in [6.07, 6.45) is 1.05. The standard InChI is InChI=1S/C15H23N3S2/c1-9(2)13-11-8-16-5-4-12(11)17-15(18-13)14-10(3)19-6-7-20-14/h9-10,14,16H,4-8H2,1-3H3. The van der Waals surface area contributed by atoms with Crippen LogP contribution in [-0.4, -0.2) is 33.3 Å². The zero-order valence-corrected chi connectivity index (χ0v) is 14.1. The number of aromatic nitrogens is 2. The van der Waals surface area contributed by atoms with Gasteiger partial charge >= 0.3 is 0 Å². The topological polar surface area (TPSA) is 37.8 Å². The summed E-state index contributed by atoms with van der Waals surface area (Å²) in [5.74, 6) is 4.04. The first-order valence-corrected chi connectivity index (χ1v) is 9.60. The van der Waals surface area contributed by atoms with Crippen molar-refractivity contribution in [3.63, 3.8) is 0 Å². The second-order valence-corrected chi connectivity index (χ2v) is 8.58. The predicted octanol–water partition coefficient (Wildman–Crippen LogP) is 3.16. The molecule has 5 heteroatoms. The number of rotatable bonds is 2. The highest BCUT2D eigenvalue weighted by Crippen LogP contribution is 2.41. The van der Waals surface area contributed by atoms with E-state index in [1.54, 1.807) is 0 Å². The van der Waals surface area contributed by atoms with Gasteiger partial charge in [-0.2, -0.15) is 11.8 Å².